The summed E-state index contributed by atoms with van der Waals surface area (Å²) < 4.78 is 13.9. The van der Waals surface area contributed by atoms with Gasteiger partial charge in [0.15, 0.2) is 0 Å². The van der Waals surface area contributed by atoms with Crippen molar-refractivity contribution in [1.82, 2.24) is 0 Å². The Morgan fingerprint density at radius 2 is 1.61 bits per heavy atom. The van der Waals surface area contributed by atoms with E-state index < -0.39 is 18.1 Å². The van der Waals surface area contributed by atoms with E-state index in [9.17, 15) is 9.18 Å². The Bertz CT molecular complexity index is 725. The summed E-state index contributed by atoms with van der Waals surface area (Å²) in [4.78, 5) is 10.8. The largest absolute Gasteiger partial charge is 0.479 e. The van der Waals surface area contributed by atoms with Crippen LogP contribution in [0.15, 0.2) is 53.7 Å². The minimum absolute atomic E-state index is 0.0277. The SMILES string of the molecule is CC(F)(CC(=NO)c1ccc(-c2ccc(Cl)cc2)cc1)C(=O)O. The van der Waals surface area contributed by atoms with Crippen LogP contribution in [0.2, 0.25) is 5.02 Å². The third kappa shape index (κ3) is 4.07. The Morgan fingerprint density at radius 1 is 1.13 bits per heavy atom. The zero-order valence-electron chi connectivity index (χ0n) is 12.3. The van der Waals surface area contributed by atoms with Gasteiger partial charge >= 0.3 is 5.97 Å². The first-order valence-corrected chi connectivity index (χ1v) is 7.21. The van der Waals surface area contributed by atoms with Crippen molar-refractivity contribution in [2.24, 2.45) is 5.16 Å². The molecule has 0 spiro atoms. The molecule has 1 unspecified atom stereocenters. The third-order valence-electron chi connectivity index (χ3n) is 3.46. The van der Waals surface area contributed by atoms with Crippen LogP contribution in [0.1, 0.15) is 18.9 Å². The average molecular weight is 336 g/mol. The van der Waals surface area contributed by atoms with Gasteiger partial charge in [-0.25, -0.2) is 9.18 Å². The second kappa shape index (κ2) is 6.79. The van der Waals surface area contributed by atoms with Crippen LogP contribution in [0, 0.1) is 0 Å². The smallest absolute Gasteiger partial charge is 0.341 e. The van der Waals surface area contributed by atoms with Crippen molar-refractivity contribution in [3.8, 4) is 11.1 Å². The molecule has 0 bridgehead atoms. The van der Waals surface area contributed by atoms with E-state index >= 15 is 0 Å². The number of benzene rings is 2. The second-order valence-electron chi connectivity index (χ2n) is 5.31. The molecule has 0 fully saturated rings. The van der Waals surface area contributed by atoms with E-state index in [2.05, 4.69) is 5.16 Å². The minimum atomic E-state index is -2.50. The van der Waals surface area contributed by atoms with Crippen molar-refractivity contribution in [1.29, 1.82) is 0 Å². The highest BCUT2D eigenvalue weighted by Crippen LogP contribution is 2.24. The Hall–Kier alpha value is -2.40. The maximum absolute atomic E-state index is 13.9. The van der Waals surface area contributed by atoms with Gasteiger partial charge in [-0.05, 0) is 35.7 Å². The summed E-state index contributed by atoms with van der Waals surface area (Å²) in [7, 11) is 0. The van der Waals surface area contributed by atoms with Crippen LogP contribution in [0.5, 0.6) is 0 Å². The number of aliphatic carboxylic acids is 1. The number of rotatable bonds is 5. The molecule has 2 N–H and O–H groups in total. The summed E-state index contributed by atoms with van der Waals surface area (Å²) >= 11 is 5.84. The number of oxime groups is 1. The Kier molecular flexibility index (Phi) is 5.01. The summed E-state index contributed by atoms with van der Waals surface area (Å²) in [5.74, 6) is -1.60. The number of hydrogen-bond donors (Lipinski definition) is 2. The average Bonchev–Trinajstić information content (AvgIpc) is 2.53. The Balaban J connectivity index is 2.24. The van der Waals surface area contributed by atoms with Crippen LogP contribution in [-0.4, -0.2) is 27.7 Å². The molecule has 2 aromatic carbocycles. The normalized spacial score (nSPS) is 14.3. The molecule has 2 rings (SSSR count). The van der Waals surface area contributed by atoms with Crippen molar-refractivity contribution < 1.29 is 19.5 Å². The van der Waals surface area contributed by atoms with E-state index in [0.717, 1.165) is 18.1 Å². The van der Waals surface area contributed by atoms with Gasteiger partial charge in [-0.15, -0.1) is 0 Å². The molecular weight excluding hydrogens is 321 g/mol. The van der Waals surface area contributed by atoms with Crippen molar-refractivity contribution >= 4 is 23.3 Å². The fourth-order valence-electron chi connectivity index (χ4n) is 2.08. The molecule has 0 saturated carbocycles. The number of carbonyl (C=O) groups is 1. The monoisotopic (exact) mass is 335 g/mol. The second-order valence-corrected chi connectivity index (χ2v) is 5.75. The lowest BCUT2D eigenvalue weighted by atomic mass is 9.95. The molecule has 0 radical (unpaired) electrons. The number of nitrogens with zero attached hydrogens (tertiary/aromatic N) is 1. The third-order valence-corrected chi connectivity index (χ3v) is 3.71. The molecule has 120 valence electrons. The van der Waals surface area contributed by atoms with Gasteiger partial charge in [-0.2, -0.15) is 0 Å². The van der Waals surface area contributed by atoms with Gasteiger partial charge in [-0.3, -0.25) is 0 Å². The van der Waals surface area contributed by atoms with Gasteiger partial charge in [0, 0.05) is 11.4 Å². The van der Waals surface area contributed by atoms with E-state index in [1.807, 2.05) is 12.1 Å². The molecule has 0 aromatic heterocycles. The predicted molar refractivity (Wildman–Crippen MR) is 87.0 cm³/mol. The standard InChI is InChI=1S/C17H15ClFNO3/c1-17(19,16(21)22)10-15(20-23)13-4-2-11(3-5-13)12-6-8-14(18)9-7-12/h2-9,23H,10H2,1H3,(H,21,22). The predicted octanol–water partition coefficient (Wildman–Crippen LogP) is 4.39. The van der Waals surface area contributed by atoms with E-state index in [-0.39, 0.29) is 5.71 Å². The van der Waals surface area contributed by atoms with E-state index in [4.69, 9.17) is 21.9 Å². The molecule has 2 aromatic rings. The minimum Gasteiger partial charge on any atom is -0.479 e. The maximum atomic E-state index is 13.9. The quantitative estimate of drug-likeness (QED) is 0.483. The summed E-state index contributed by atoms with van der Waals surface area (Å²) in [6.07, 6.45) is -0.529. The fraction of sp³-hybridized carbons (Fsp3) is 0.176. The van der Waals surface area contributed by atoms with Crippen molar-refractivity contribution in [3.05, 3.63) is 59.1 Å². The highest BCUT2D eigenvalue weighted by Gasteiger charge is 2.35. The van der Waals surface area contributed by atoms with Crippen LogP contribution in [-0.2, 0) is 4.79 Å². The van der Waals surface area contributed by atoms with Gasteiger partial charge in [0.05, 0.1) is 5.71 Å². The zero-order valence-corrected chi connectivity index (χ0v) is 13.1. The molecule has 0 saturated heterocycles. The zero-order chi connectivity index (χ0) is 17.0. The number of carboxylic acids is 1. The van der Waals surface area contributed by atoms with Crippen LogP contribution < -0.4 is 0 Å². The highest BCUT2D eigenvalue weighted by atomic mass is 35.5. The summed E-state index contributed by atoms with van der Waals surface area (Å²) in [6.45, 7) is 0.933. The fourth-order valence-corrected chi connectivity index (χ4v) is 2.21. The Labute approximate surface area is 137 Å². The maximum Gasteiger partial charge on any atom is 0.341 e. The number of halogens is 2. The number of alkyl halides is 1. The topological polar surface area (TPSA) is 69.9 Å². The van der Waals surface area contributed by atoms with E-state index in [1.165, 1.54) is 0 Å². The molecule has 6 heteroatoms. The van der Waals surface area contributed by atoms with Gasteiger partial charge in [-0.1, -0.05) is 53.2 Å². The molecule has 0 aliphatic carbocycles. The summed E-state index contributed by atoms with van der Waals surface area (Å²) in [5.41, 5.74) is -0.222. The first-order valence-electron chi connectivity index (χ1n) is 6.83. The number of carboxylic acid groups (broad SMARTS) is 1. The molecule has 4 nitrogen and oxygen atoms in total. The molecular formula is C17H15ClFNO3. The first-order chi connectivity index (χ1) is 10.8. The number of hydrogen-bond acceptors (Lipinski definition) is 3. The first kappa shape index (κ1) is 17.0. The van der Waals surface area contributed by atoms with E-state index in [1.54, 1.807) is 36.4 Å². The van der Waals surface area contributed by atoms with Crippen LogP contribution in [0.4, 0.5) is 4.39 Å². The lowest BCUT2D eigenvalue weighted by Gasteiger charge is -2.15. The van der Waals surface area contributed by atoms with Crippen LogP contribution >= 0.6 is 11.6 Å². The molecule has 0 aliphatic rings. The van der Waals surface area contributed by atoms with Gasteiger partial charge in [0.2, 0.25) is 5.67 Å². The summed E-state index contributed by atoms with van der Waals surface area (Å²) in [6, 6.07) is 14.1. The summed E-state index contributed by atoms with van der Waals surface area (Å²) in [5, 5.41) is 21.6. The van der Waals surface area contributed by atoms with Gasteiger partial charge in [0.25, 0.3) is 0 Å². The lowest BCUT2D eigenvalue weighted by molar-refractivity contribution is -0.149. The molecule has 1 atom stereocenters. The molecule has 0 amide bonds. The van der Waals surface area contributed by atoms with Crippen molar-refractivity contribution in [2.75, 3.05) is 0 Å². The van der Waals surface area contributed by atoms with Gasteiger partial charge < -0.3 is 10.3 Å². The lowest BCUT2D eigenvalue weighted by Crippen LogP contribution is -2.32. The van der Waals surface area contributed by atoms with Crippen LogP contribution in [0.3, 0.4) is 0 Å². The van der Waals surface area contributed by atoms with Crippen molar-refractivity contribution in [2.45, 2.75) is 19.0 Å². The van der Waals surface area contributed by atoms with Gasteiger partial charge in [0.1, 0.15) is 0 Å². The van der Waals surface area contributed by atoms with E-state index in [0.29, 0.717) is 10.6 Å². The molecule has 0 aliphatic heterocycles. The highest BCUT2D eigenvalue weighted by molar-refractivity contribution is 6.30. The molecule has 0 heterocycles. The van der Waals surface area contributed by atoms with Crippen LogP contribution in [0.25, 0.3) is 11.1 Å². The molecule has 23 heavy (non-hydrogen) atoms. The van der Waals surface area contributed by atoms with Crippen molar-refractivity contribution in [3.63, 3.8) is 0 Å². The Morgan fingerprint density at radius 3 is 2.04 bits per heavy atom.